The zero-order chi connectivity index (χ0) is 22.8. The summed E-state index contributed by atoms with van der Waals surface area (Å²) in [5.41, 5.74) is 1.57. The van der Waals surface area contributed by atoms with E-state index < -0.39 is 0 Å². The van der Waals surface area contributed by atoms with E-state index in [1.54, 1.807) is 11.3 Å². The molecule has 0 saturated carbocycles. The Balaban J connectivity index is 1.37. The summed E-state index contributed by atoms with van der Waals surface area (Å²) >= 11 is 1.67. The minimum atomic E-state index is 0.0258. The largest absolute Gasteiger partial charge is 0.493 e. The van der Waals surface area contributed by atoms with Crippen LogP contribution in [0.3, 0.4) is 0 Å². The third kappa shape index (κ3) is 4.09. The van der Waals surface area contributed by atoms with E-state index in [1.807, 2.05) is 67.3 Å². The lowest BCUT2D eigenvalue weighted by Gasteiger charge is -2.35. The maximum absolute atomic E-state index is 13.6. The molecule has 170 valence electrons. The molecule has 6 nitrogen and oxygen atoms in total. The van der Waals surface area contributed by atoms with E-state index >= 15 is 0 Å². The number of amides is 1. The number of hydrogen-bond donors (Lipinski definition) is 0. The maximum atomic E-state index is 13.6. The Kier molecular flexibility index (Phi) is 6.05. The first-order valence-corrected chi connectivity index (χ1v) is 12.2. The topological polar surface area (TPSA) is 54.9 Å². The van der Waals surface area contributed by atoms with E-state index in [2.05, 4.69) is 11.0 Å². The monoisotopic (exact) mass is 461 g/mol. The molecule has 2 heterocycles. The van der Waals surface area contributed by atoms with E-state index in [4.69, 9.17) is 14.5 Å². The second-order valence-corrected chi connectivity index (χ2v) is 8.91. The number of fused-ring (bicyclic) bond motifs is 2. The van der Waals surface area contributed by atoms with Gasteiger partial charge >= 0.3 is 0 Å². The number of hydrogen-bond acceptors (Lipinski definition) is 6. The highest BCUT2D eigenvalue weighted by Crippen LogP contribution is 2.35. The van der Waals surface area contributed by atoms with Gasteiger partial charge in [0.15, 0.2) is 5.13 Å². The Morgan fingerprint density at radius 3 is 2.45 bits per heavy atom. The Bertz CT molecular complexity index is 1290. The molecule has 1 aliphatic rings. The molecule has 1 aromatic heterocycles. The van der Waals surface area contributed by atoms with Crippen LogP contribution in [-0.4, -0.2) is 55.2 Å². The number of thiazole rings is 1. The molecular formula is C26H27N3O3S. The third-order valence-electron chi connectivity index (χ3n) is 5.91. The van der Waals surface area contributed by atoms with Gasteiger partial charge in [0.1, 0.15) is 17.0 Å². The molecule has 7 heteroatoms. The van der Waals surface area contributed by atoms with E-state index in [0.717, 1.165) is 45.0 Å². The first-order valence-electron chi connectivity index (χ1n) is 11.4. The first-order chi connectivity index (χ1) is 16.2. The van der Waals surface area contributed by atoms with Crippen molar-refractivity contribution in [2.75, 3.05) is 44.3 Å². The van der Waals surface area contributed by atoms with Gasteiger partial charge in [-0.15, -0.1) is 0 Å². The highest BCUT2D eigenvalue weighted by atomic mass is 32.1. The standard InChI is InChI=1S/C26H27N3O3S/c1-3-31-20-13-12-18-8-5-6-9-19(18)23(20)25(30)28-14-16-29(17-15-28)26-27-24-21(32-4-2)10-7-11-22(24)33-26/h5-13H,3-4,14-17H2,1-2H3. The second kappa shape index (κ2) is 9.27. The lowest BCUT2D eigenvalue weighted by Crippen LogP contribution is -2.48. The number of benzene rings is 3. The van der Waals surface area contributed by atoms with E-state index in [-0.39, 0.29) is 5.91 Å². The number of anilines is 1. The number of rotatable bonds is 6. The summed E-state index contributed by atoms with van der Waals surface area (Å²) in [6.07, 6.45) is 0. The van der Waals surface area contributed by atoms with Crippen LogP contribution >= 0.6 is 11.3 Å². The molecule has 0 unspecified atom stereocenters. The summed E-state index contributed by atoms with van der Waals surface area (Å²) < 4.78 is 12.7. The quantitative estimate of drug-likeness (QED) is 0.395. The number of ether oxygens (including phenoxy) is 2. The van der Waals surface area contributed by atoms with Crippen molar-refractivity contribution in [3.8, 4) is 11.5 Å². The summed E-state index contributed by atoms with van der Waals surface area (Å²) in [5, 5.41) is 2.96. The summed E-state index contributed by atoms with van der Waals surface area (Å²) in [6, 6.07) is 18.0. The van der Waals surface area contributed by atoms with E-state index in [0.29, 0.717) is 37.6 Å². The average Bonchev–Trinajstić information content (AvgIpc) is 3.29. The summed E-state index contributed by atoms with van der Waals surface area (Å²) in [4.78, 5) is 22.7. The van der Waals surface area contributed by atoms with Crippen LogP contribution in [0.15, 0.2) is 54.6 Å². The lowest BCUT2D eigenvalue weighted by atomic mass is 10.0. The molecule has 0 bridgehead atoms. The fourth-order valence-electron chi connectivity index (χ4n) is 4.33. The van der Waals surface area contributed by atoms with Crippen molar-refractivity contribution in [2.24, 2.45) is 0 Å². The number of carbonyl (C=O) groups is 1. The molecule has 3 aromatic carbocycles. The molecule has 33 heavy (non-hydrogen) atoms. The normalized spacial score (nSPS) is 14.1. The molecule has 5 rings (SSSR count). The Morgan fingerprint density at radius 2 is 1.67 bits per heavy atom. The van der Waals surface area contributed by atoms with Crippen LogP contribution in [0.5, 0.6) is 11.5 Å². The molecule has 1 fully saturated rings. The van der Waals surface area contributed by atoms with Crippen molar-refractivity contribution in [3.63, 3.8) is 0 Å². The van der Waals surface area contributed by atoms with Crippen molar-refractivity contribution in [1.29, 1.82) is 0 Å². The van der Waals surface area contributed by atoms with Gasteiger partial charge in [0.05, 0.1) is 23.5 Å². The van der Waals surface area contributed by atoms with E-state index in [9.17, 15) is 4.79 Å². The molecule has 0 radical (unpaired) electrons. The Morgan fingerprint density at radius 1 is 0.909 bits per heavy atom. The van der Waals surface area contributed by atoms with E-state index in [1.165, 1.54) is 0 Å². The number of aromatic nitrogens is 1. The summed E-state index contributed by atoms with van der Waals surface area (Å²) in [7, 11) is 0. The molecule has 0 aliphatic carbocycles. The molecular weight excluding hydrogens is 434 g/mol. The predicted molar refractivity (Wildman–Crippen MR) is 134 cm³/mol. The fourth-order valence-corrected chi connectivity index (χ4v) is 5.36. The number of piperazine rings is 1. The molecule has 1 amide bonds. The zero-order valence-corrected chi connectivity index (χ0v) is 19.7. The van der Waals surface area contributed by atoms with Crippen LogP contribution in [0.1, 0.15) is 24.2 Å². The van der Waals surface area contributed by atoms with Gasteiger partial charge < -0.3 is 19.3 Å². The number of carbonyl (C=O) groups excluding carboxylic acids is 1. The number of nitrogens with zero attached hydrogens (tertiary/aromatic N) is 3. The molecule has 1 aliphatic heterocycles. The molecule has 0 spiro atoms. The maximum Gasteiger partial charge on any atom is 0.258 e. The van der Waals surface area contributed by atoms with Gasteiger partial charge in [-0.3, -0.25) is 4.79 Å². The van der Waals surface area contributed by atoms with Gasteiger partial charge in [0.25, 0.3) is 5.91 Å². The molecule has 0 N–H and O–H groups in total. The average molecular weight is 462 g/mol. The van der Waals surface area contributed by atoms with Crippen molar-refractivity contribution >= 4 is 43.4 Å². The first kappa shape index (κ1) is 21.5. The van der Waals surface area contributed by atoms with Gasteiger partial charge in [-0.25, -0.2) is 4.98 Å². The number of para-hydroxylation sites is 1. The fraction of sp³-hybridized carbons (Fsp3) is 0.308. The summed E-state index contributed by atoms with van der Waals surface area (Å²) in [5.74, 6) is 1.50. The van der Waals surface area contributed by atoms with Crippen molar-refractivity contribution < 1.29 is 14.3 Å². The molecule has 1 saturated heterocycles. The van der Waals surface area contributed by atoms with Gasteiger partial charge in [0, 0.05) is 26.2 Å². The van der Waals surface area contributed by atoms with Gasteiger partial charge in [-0.2, -0.15) is 0 Å². The molecule has 0 atom stereocenters. The minimum Gasteiger partial charge on any atom is -0.493 e. The van der Waals surface area contributed by atoms with Crippen molar-refractivity contribution in [2.45, 2.75) is 13.8 Å². The van der Waals surface area contributed by atoms with Crippen molar-refractivity contribution in [1.82, 2.24) is 9.88 Å². The SMILES string of the molecule is CCOc1ccc2ccccc2c1C(=O)N1CCN(c2nc3c(OCC)cccc3s2)CC1. The third-order valence-corrected chi connectivity index (χ3v) is 6.99. The van der Waals surface area contributed by atoms with Gasteiger partial charge in [-0.1, -0.05) is 47.7 Å². The van der Waals surface area contributed by atoms with Crippen LogP contribution in [-0.2, 0) is 0 Å². The smallest absolute Gasteiger partial charge is 0.258 e. The van der Waals surface area contributed by atoms with Gasteiger partial charge in [0.2, 0.25) is 0 Å². The molecule has 4 aromatic rings. The zero-order valence-electron chi connectivity index (χ0n) is 18.9. The lowest BCUT2D eigenvalue weighted by molar-refractivity contribution is 0.0744. The second-order valence-electron chi connectivity index (χ2n) is 7.90. The Labute approximate surface area is 197 Å². The van der Waals surface area contributed by atoms with Crippen LogP contribution < -0.4 is 14.4 Å². The Hall–Kier alpha value is -3.32. The van der Waals surface area contributed by atoms with Crippen LogP contribution in [0.2, 0.25) is 0 Å². The minimum absolute atomic E-state index is 0.0258. The van der Waals surface area contributed by atoms with Crippen molar-refractivity contribution in [3.05, 3.63) is 60.2 Å². The highest BCUT2D eigenvalue weighted by Gasteiger charge is 2.27. The van der Waals surface area contributed by atoms with Gasteiger partial charge in [-0.05, 0) is 42.8 Å². The predicted octanol–water partition coefficient (Wildman–Crippen LogP) is 5.21. The summed E-state index contributed by atoms with van der Waals surface area (Å²) in [6.45, 7) is 7.82. The van der Waals surface area contributed by atoms with Crippen LogP contribution in [0, 0.1) is 0 Å². The van der Waals surface area contributed by atoms with Crippen LogP contribution in [0.25, 0.3) is 21.0 Å². The highest BCUT2D eigenvalue weighted by molar-refractivity contribution is 7.22. The van der Waals surface area contributed by atoms with Crippen LogP contribution in [0.4, 0.5) is 5.13 Å².